The van der Waals surface area contributed by atoms with E-state index in [9.17, 15) is 0 Å². The average Bonchev–Trinajstić information content (AvgIpc) is 3.17. The molecule has 1 aliphatic heterocycles. The van der Waals surface area contributed by atoms with Crippen molar-refractivity contribution in [1.82, 2.24) is 9.55 Å². The summed E-state index contributed by atoms with van der Waals surface area (Å²) >= 11 is 6.00. The standard InChI is InChI=1S/C19H24ClN3O/c1-4-19(5-2)18(3,13-23-11-10-21-14-23)17(22-24-19)12-15-6-8-16(20)9-7-15/h6-11,14H,4-5,12-13H2,1-3H3. The first-order valence-electron chi connectivity index (χ1n) is 8.48. The Hall–Kier alpha value is -1.81. The van der Waals surface area contributed by atoms with E-state index in [4.69, 9.17) is 16.4 Å². The highest BCUT2D eigenvalue weighted by Gasteiger charge is 2.55. The van der Waals surface area contributed by atoms with Crippen LogP contribution < -0.4 is 0 Å². The van der Waals surface area contributed by atoms with Gasteiger partial charge in [-0.1, -0.05) is 42.7 Å². The van der Waals surface area contributed by atoms with Gasteiger partial charge in [0.25, 0.3) is 0 Å². The van der Waals surface area contributed by atoms with Crippen LogP contribution in [0.15, 0.2) is 48.1 Å². The highest BCUT2D eigenvalue weighted by Crippen LogP contribution is 2.47. The van der Waals surface area contributed by atoms with Crippen LogP contribution in [0.25, 0.3) is 0 Å². The lowest BCUT2D eigenvalue weighted by molar-refractivity contribution is -0.0872. The van der Waals surface area contributed by atoms with Crippen LogP contribution in [0.5, 0.6) is 0 Å². The fraction of sp³-hybridized carbons (Fsp3) is 0.474. The molecular weight excluding hydrogens is 322 g/mol. The van der Waals surface area contributed by atoms with Gasteiger partial charge in [0.05, 0.1) is 17.5 Å². The molecule has 1 aromatic heterocycles. The van der Waals surface area contributed by atoms with Gasteiger partial charge in [-0.15, -0.1) is 0 Å². The summed E-state index contributed by atoms with van der Waals surface area (Å²) in [5.74, 6) is 0. The van der Waals surface area contributed by atoms with Crippen LogP contribution in [0.4, 0.5) is 0 Å². The van der Waals surface area contributed by atoms with E-state index in [1.165, 1.54) is 5.56 Å². The summed E-state index contributed by atoms with van der Waals surface area (Å²) in [6.07, 6.45) is 8.28. The topological polar surface area (TPSA) is 39.4 Å². The van der Waals surface area contributed by atoms with Crippen LogP contribution in [0.1, 0.15) is 39.2 Å². The Kier molecular flexibility index (Phi) is 4.68. The second kappa shape index (κ2) is 6.60. The van der Waals surface area contributed by atoms with Gasteiger partial charge in [0.1, 0.15) is 5.60 Å². The summed E-state index contributed by atoms with van der Waals surface area (Å²) in [6, 6.07) is 7.96. The van der Waals surface area contributed by atoms with E-state index in [2.05, 4.69) is 47.6 Å². The molecule has 2 aromatic rings. The summed E-state index contributed by atoms with van der Waals surface area (Å²) in [5, 5.41) is 5.28. The first kappa shape index (κ1) is 17.0. The van der Waals surface area contributed by atoms with Crippen LogP contribution >= 0.6 is 11.6 Å². The zero-order chi connectivity index (χ0) is 17.2. The van der Waals surface area contributed by atoms with Gasteiger partial charge in [-0.2, -0.15) is 0 Å². The van der Waals surface area contributed by atoms with Crippen LogP contribution in [0.3, 0.4) is 0 Å². The molecule has 1 aromatic carbocycles. The van der Waals surface area contributed by atoms with E-state index in [1.54, 1.807) is 0 Å². The minimum absolute atomic E-state index is 0.184. The van der Waals surface area contributed by atoms with Crippen LogP contribution in [0.2, 0.25) is 5.02 Å². The summed E-state index contributed by atoms with van der Waals surface area (Å²) in [7, 11) is 0. The molecule has 1 unspecified atom stereocenters. The number of benzene rings is 1. The lowest BCUT2D eigenvalue weighted by atomic mass is 9.66. The summed E-state index contributed by atoms with van der Waals surface area (Å²) < 4.78 is 2.12. The summed E-state index contributed by atoms with van der Waals surface area (Å²) in [4.78, 5) is 10.2. The maximum atomic E-state index is 6.04. The van der Waals surface area contributed by atoms with Gasteiger partial charge >= 0.3 is 0 Å². The van der Waals surface area contributed by atoms with Crippen LogP contribution in [0, 0.1) is 5.41 Å². The minimum atomic E-state index is -0.279. The molecule has 0 radical (unpaired) electrons. The third kappa shape index (κ3) is 2.84. The molecule has 24 heavy (non-hydrogen) atoms. The Morgan fingerprint density at radius 1 is 1.17 bits per heavy atom. The molecule has 4 nitrogen and oxygen atoms in total. The minimum Gasteiger partial charge on any atom is -0.388 e. The fourth-order valence-corrected chi connectivity index (χ4v) is 3.90. The van der Waals surface area contributed by atoms with Gasteiger partial charge in [-0.25, -0.2) is 4.98 Å². The molecule has 0 spiro atoms. The molecule has 0 aliphatic carbocycles. The van der Waals surface area contributed by atoms with Crippen molar-refractivity contribution in [3.05, 3.63) is 53.6 Å². The third-order valence-corrected chi connectivity index (χ3v) is 5.71. The van der Waals surface area contributed by atoms with Crippen molar-refractivity contribution >= 4 is 17.3 Å². The van der Waals surface area contributed by atoms with Crippen molar-refractivity contribution < 1.29 is 4.84 Å². The SMILES string of the molecule is CCC1(CC)ON=C(Cc2ccc(Cl)cc2)C1(C)Cn1ccnc1. The Labute approximate surface area is 148 Å². The van der Waals surface area contributed by atoms with Crippen molar-refractivity contribution in [1.29, 1.82) is 0 Å². The average molecular weight is 346 g/mol. The monoisotopic (exact) mass is 345 g/mol. The van der Waals surface area contributed by atoms with E-state index < -0.39 is 0 Å². The molecule has 0 N–H and O–H groups in total. The number of nitrogens with zero attached hydrogens (tertiary/aromatic N) is 3. The van der Waals surface area contributed by atoms with E-state index in [-0.39, 0.29) is 11.0 Å². The van der Waals surface area contributed by atoms with Crippen molar-refractivity contribution in [2.45, 2.75) is 52.2 Å². The first-order chi connectivity index (χ1) is 11.5. The number of halogens is 1. The van der Waals surface area contributed by atoms with Crippen molar-refractivity contribution in [2.75, 3.05) is 0 Å². The maximum Gasteiger partial charge on any atom is 0.149 e. The Morgan fingerprint density at radius 2 is 1.88 bits per heavy atom. The molecule has 0 saturated heterocycles. The van der Waals surface area contributed by atoms with E-state index in [0.717, 1.165) is 36.5 Å². The molecule has 1 aliphatic rings. The van der Waals surface area contributed by atoms with E-state index in [0.29, 0.717) is 0 Å². The van der Waals surface area contributed by atoms with Crippen molar-refractivity contribution in [3.63, 3.8) is 0 Å². The highest BCUT2D eigenvalue weighted by atomic mass is 35.5. The zero-order valence-corrected chi connectivity index (χ0v) is 15.3. The highest BCUT2D eigenvalue weighted by molar-refractivity contribution is 6.30. The predicted molar refractivity (Wildman–Crippen MR) is 97.3 cm³/mol. The molecule has 0 saturated carbocycles. The fourth-order valence-electron chi connectivity index (χ4n) is 3.77. The van der Waals surface area contributed by atoms with Gasteiger partial charge in [0.2, 0.25) is 0 Å². The lowest BCUT2D eigenvalue weighted by Gasteiger charge is -2.40. The molecular formula is C19H24ClN3O. The maximum absolute atomic E-state index is 6.04. The second-order valence-electron chi connectivity index (χ2n) is 6.70. The van der Waals surface area contributed by atoms with Gasteiger partial charge in [0, 0.05) is 30.4 Å². The Bertz CT molecular complexity index is 705. The molecule has 0 amide bonds. The Balaban J connectivity index is 1.93. The van der Waals surface area contributed by atoms with Crippen molar-refractivity contribution in [2.24, 2.45) is 10.6 Å². The van der Waals surface area contributed by atoms with E-state index >= 15 is 0 Å². The van der Waals surface area contributed by atoms with Gasteiger partial charge in [0.15, 0.2) is 0 Å². The summed E-state index contributed by atoms with van der Waals surface area (Å²) in [5.41, 5.74) is 1.82. The van der Waals surface area contributed by atoms with Gasteiger partial charge in [-0.05, 0) is 37.5 Å². The summed E-state index contributed by atoms with van der Waals surface area (Å²) in [6.45, 7) is 7.43. The number of oxime groups is 1. The van der Waals surface area contributed by atoms with Gasteiger partial charge < -0.3 is 9.40 Å². The van der Waals surface area contributed by atoms with Crippen LogP contribution in [-0.4, -0.2) is 20.9 Å². The molecule has 2 heterocycles. The molecule has 128 valence electrons. The molecule has 3 rings (SSSR count). The van der Waals surface area contributed by atoms with E-state index in [1.807, 2.05) is 30.9 Å². The molecule has 5 heteroatoms. The number of imidazole rings is 1. The molecule has 0 fully saturated rings. The van der Waals surface area contributed by atoms with Crippen LogP contribution in [-0.2, 0) is 17.8 Å². The molecule has 0 bridgehead atoms. The van der Waals surface area contributed by atoms with Crippen molar-refractivity contribution in [3.8, 4) is 0 Å². The number of aromatic nitrogens is 2. The first-order valence-corrected chi connectivity index (χ1v) is 8.86. The van der Waals surface area contributed by atoms with Gasteiger partial charge in [-0.3, -0.25) is 0 Å². The third-order valence-electron chi connectivity index (χ3n) is 5.46. The Morgan fingerprint density at radius 3 is 2.46 bits per heavy atom. The second-order valence-corrected chi connectivity index (χ2v) is 7.14. The normalized spacial score (nSPS) is 22.2. The predicted octanol–water partition coefficient (Wildman–Crippen LogP) is 4.73. The molecule has 1 atom stereocenters. The smallest absolute Gasteiger partial charge is 0.149 e. The number of hydrogen-bond donors (Lipinski definition) is 0. The number of rotatable bonds is 6. The number of hydrogen-bond acceptors (Lipinski definition) is 3. The zero-order valence-electron chi connectivity index (χ0n) is 14.5. The largest absolute Gasteiger partial charge is 0.388 e. The lowest BCUT2D eigenvalue weighted by Crippen LogP contribution is -2.50. The quantitative estimate of drug-likeness (QED) is 0.759.